The molecule has 4 rings (SSSR count). The number of fused-ring (bicyclic) bond motifs is 1. The van der Waals surface area contributed by atoms with E-state index in [1.165, 1.54) is 22.4 Å². The zero-order valence-corrected chi connectivity index (χ0v) is 14.0. The smallest absolute Gasteiger partial charge is 0.115 e. The molecular formula is C21H24N2O. The van der Waals surface area contributed by atoms with Crippen LogP contribution in [0.3, 0.4) is 0 Å². The number of nitrogens with zero attached hydrogens (tertiary/aromatic N) is 2. The zero-order chi connectivity index (χ0) is 16.4. The summed E-state index contributed by atoms with van der Waals surface area (Å²) in [6.07, 6.45) is 4.65. The van der Waals surface area contributed by atoms with Crippen molar-refractivity contribution in [3.05, 3.63) is 65.7 Å². The Kier molecular flexibility index (Phi) is 4.26. The second-order valence-corrected chi connectivity index (χ2v) is 6.69. The SMILES string of the molecule is Oc1ccc(N2CCN(CCC3=CCc4ccccc43)CC2)cc1. The van der Waals surface area contributed by atoms with Gasteiger partial charge in [-0.25, -0.2) is 0 Å². The lowest BCUT2D eigenvalue weighted by Gasteiger charge is -2.36. The minimum absolute atomic E-state index is 0.336. The number of phenolic OH excluding ortho intramolecular Hbond substituents is 1. The van der Waals surface area contributed by atoms with Crippen molar-refractivity contribution in [1.29, 1.82) is 0 Å². The van der Waals surface area contributed by atoms with Crippen LogP contribution in [0.5, 0.6) is 5.75 Å². The van der Waals surface area contributed by atoms with Crippen LogP contribution in [0.2, 0.25) is 0 Å². The van der Waals surface area contributed by atoms with Gasteiger partial charge in [-0.05, 0) is 53.8 Å². The van der Waals surface area contributed by atoms with E-state index >= 15 is 0 Å². The lowest BCUT2D eigenvalue weighted by molar-refractivity contribution is 0.264. The fourth-order valence-corrected chi connectivity index (χ4v) is 3.76. The van der Waals surface area contributed by atoms with Gasteiger partial charge >= 0.3 is 0 Å². The molecule has 0 atom stereocenters. The second-order valence-electron chi connectivity index (χ2n) is 6.69. The van der Waals surface area contributed by atoms with Crippen LogP contribution >= 0.6 is 0 Å². The summed E-state index contributed by atoms with van der Waals surface area (Å²) >= 11 is 0. The third-order valence-corrected chi connectivity index (χ3v) is 5.22. The molecule has 0 radical (unpaired) electrons. The van der Waals surface area contributed by atoms with Gasteiger partial charge in [-0.3, -0.25) is 4.90 Å². The number of anilines is 1. The van der Waals surface area contributed by atoms with E-state index in [2.05, 4.69) is 40.1 Å². The molecule has 1 N–H and O–H groups in total. The van der Waals surface area contributed by atoms with Crippen LogP contribution in [-0.2, 0) is 6.42 Å². The monoisotopic (exact) mass is 320 g/mol. The van der Waals surface area contributed by atoms with Gasteiger partial charge in [-0.2, -0.15) is 0 Å². The first kappa shape index (κ1) is 15.3. The number of allylic oxidation sites excluding steroid dienone is 1. The van der Waals surface area contributed by atoms with Crippen LogP contribution in [0.1, 0.15) is 17.5 Å². The van der Waals surface area contributed by atoms with Crippen molar-refractivity contribution in [2.24, 2.45) is 0 Å². The Morgan fingerprint density at radius 1 is 0.875 bits per heavy atom. The highest BCUT2D eigenvalue weighted by Crippen LogP contribution is 2.29. The number of hydrogen-bond acceptors (Lipinski definition) is 3. The quantitative estimate of drug-likeness (QED) is 0.933. The van der Waals surface area contributed by atoms with E-state index in [4.69, 9.17) is 0 Å². The molecule has 0 spiro atoms. The summed E-state index contributed by atoms with van der Waals surface area (Å²) in [5.41, 5.74) is 5.66. The van der Waals surface area contributed by atoms with Gasteiger partial charge in [0.05, 0.1) is 0 Å². The molecule has 2 aliphatic rings. The molecule has 1 aliphatic heterocycles. The maximum atomic E-state index is 9.41. The summed E-state index contributed by atoms with van der Waals surface area (Å²) in [6, 6.07) is 16.3. The van der Waals surface area contributed by atoms with Gasteiger partial charge < -0.3 is 10.0 Å². The van der Waals surface area contributed by atoms with Gasteiger partial charge in [0.1, 0.15) is 5.75 Å². The van der Waals surface area contributed by atoms with Crippen molar-refractivity contribution in [3.8, 4) is 5.75 Å². The second kappa shape index (κ2) is 6.70. The average Bonchev–Trinajstić information content (AvgIpc) is 3.04. The number of rotatable bonds is 4. The standard InChI is InChI=1S/C21H24N2O/c24-20-9-7-19(8-10-20)23-15-13-22(14-16-23)12-11-18-6-5-17-3-1-2-4-21(17)18/h1-4,6-10,24H,5,11-16H2. The van der Waals surface area contributed by atoms with Crippen molar-refractivity contribution in [2.45, 2.75) is 12.8 Å². The average molecular weight is 320 g/mol. The van der Waals surface area contributed by atoms with Gasteiger partial charge in [0.15, 0.2) is 0 Å². The van der Waals surface area contributed by atoms with E-state index < -0.39 is 0 Å². The topological polar surface area (TPSA) is 26.7 Å². The molecule has 124 valence electrons. The molecule has 1 aliphatic carbocycles. The maximum absolute atomic E-state index is 9.41. The molecule has 0 unspecified atom stereocenters. The number of piperazine rings is 1. The van der Waals surface area contributed by atoms with Gasteiger partial charge in [-0.1, -0.05) is 30.3 Å². The fraction of sp³-hybridized carbons (Fsp3) is 0.333. The van der Waals surface area contributed by atoms with Gasteiger partial charge in [-0.15, -0.1) is 0 Å². The van der Waals surface area contributed by atoms with Gasteiger partial charge in [0.2, 0.25) is 0 Å². The maximum Gasteiger partial charge on any atom is 0.115 e. The third-order valence-electron chi connectivity index (χ3n) is 5.22. The number of aromatic hydroxyl groups is 1. The Morgan fingerprint density at radius 2 is 1.62 bits per heavy atom. The summed E-state index contributed by atoms with van der Waals surface area (Å²) < 4.78 is 0. The van der Waals surface area contributed by atoms with Crippen LogP contribution in [0.15, 0.2) is 54.6 Å². The van der Waals surface area contributed by atoms with Crippen molar-refractivity contribution in [1.82, 2.24) is 4.90 Å². The molecular weight excluding hydrogens is 296 g/mol. The molecule has 1 fully saturated rings. The summed E-state index contributed by atoms with van der Waals surface area (Å²) in [5.74, 6) is 0.336. The minimum atomic E-state index is 0.336. The highest BCUT2D eigenvalue weighted by atomic mass is 16.3. The molecule has 2 aromatic carbocycles. The predicted molar refractivity (Wildman–Crippen MR) is 99.5 cm³/mol. The molecule has 0 amide bonds. The third kappa shape index (κ3) is 3.17. The van der Waals surface area contributed by atoms with Crippen LogP contribution in [0.4, 0.5) is 5.69 Å². The van der Waals surface area contributed by atoms with Crippen molar-refractivity contribution in [3.63, 3.8) is 0 Å². The number of phenols is 1. The van der Waals surface area contributed by atoms with Crippen LogP contribution < -0.4 is 4.90 Å². The van der Waals surface area contributed by atoms with Crippen LogP contribution in [0.25, 0.3) is 5.57 Å². The summed E-state index contributed by atoms with van der Waals surface area (Å²) in [4.78, 5) is 4.97. The lowest BCUT2D eigenvalue weighted by atomic mass is 10.0. The molecule has 0 saturated carbocycles. The Balaban J connectivity index is 1.29. The predicted octanol–water partition coefficient (Wildman–Crippen LogP) is 3.54. The molecule has 24 heavy (non-hydrogen) atoms. The molecule has 0 bridgehead atoms. The van der Waals surface area contributed by atoms with Crippen molar-refractivity contribution in [2.75, 3.05) is 37.6 Å². The Hall–Kier alpha value is -2.26. The zero-order valence-electron chi connectivity index (χ0n) is 14.0. The summed E-state index contributed by atoms with van der Waals surface area (Å²) in [7, 11) is 0. The van der Waals surface area contributed by atoms with Crippen LogP contribution in [0, 0.1) is 0 Å². The van der Waals surface area contributed by atoms with E-state index in [-0.39, 0.29) is 0 Å². The van der Waals surface area contributed by atoms with E-state index in [9.17, 15) is 5.11 Å². The van der Waals surface area contributed by atoms with Gasteiger partial charge in [0, 0.05) is 38.4 Å². The van der Waals surface area contributed by atoms with Crippen molar-refractivity contribution >= 4 is 11.3 Å². The lowest BCUT2D eigenvalue weighted by Crippen LogP contribution is -2.46. The Morgan fingerprint density at radius 3 is 2.42 bits per heavy atom. The highest BCUT2D eigenvalue weighted by molar-refractivity contribution is 5.73. The van der Waals surface area contributed by atoms with Gasteiger partial charge in [0.25, 0.3) is 0 Å². The van der Waals surface area contributed by atoms with E-state index in [0.717, 1.165) is 45.6 Å². The number of hydrogen-bond donors (Lipinski definition) is 1. The van der Waals surface area contributed by atoms with E-state index in [1.54, 1.807) is 12.1 Å². The molecule has 1 saturated heterocycles. The summed E-state index contributed by atoms with van der Waals surface area (Å²) in [5, 5.41) is 9.41. The van der Waals surface area contributed by atoms with E-state index in [0.29, 0.717) is 5.75 Å². The Labute approximate surface area is 143 Å². The molecule has 0 aromatic heterocycles. The Bertz CT molecular complexity index is 728. The first-order valence-corrected chi connectivity index (χ1v) is 8.83. The highest BCUT2D eigenvalue weighted by Gasteiger charge is 2.19. The first-order valence-electron chi connectivity index (χ1n) is 8.83. The molecule has 3 nitrogen and oxygen atoms in total. The largest absolute Gasteiger partial charge is 0.508 e. The normalized spacial score (nSPS) is 17.7. The first-order chi connectivity index (χ1) is 11.8. The van der Waals surface area contributed by atoms with Crippen molar-refractivity contribution < 1.29 is 5.11 Å². The molecule has 1 heterocycles. The van der Waals surface area contributed by atoms with E-state index in [1.807, 2.05) is 12.1 Å². The number of benzene rings is 2. The molecule has 2 aromatic rings. The summed E-state index contributed by atoms with van der Waals surface area (Å²) in [6.45, 7) is 5.47. The minimum Gasteiger partial charge on any atom is -0.508 e. The molecule has 3 heteroatoms. The van der Waals surface area contributed by atoms with Crippen LogP contribution in [-0.4, -0.2) is 42.7 Å². The fourth-order valence-electron chi connectivity index (χ4n) is 3.76.